The minimum Gasteiger partial charge on any atom is -0.266 e. The van der Waals surface area contributed by atoms with Crippen molar-refractivity contribution >= 4 is 31.9 Å². The molecule has 0 aliphatic carbocycles. The third-order valence-electron chi connectivity index (χ3n) is 1.35. The molecule has 0 atom stereocenters. The molecule has 5 heteroatoms. The van der Waals surface area contributed by atoms with E-state index in [9.17, 15) is 4.79 Å². The van der Waals surface area contributed by atoms with Gasteiger partial charge in [0.2, 0.25) is 0 Å². The molecule has 0 bridgehead atoms. The Hall–Kier alpha value is -0.600. The van der Waals surface area contributed by atoms with E-state index in [2.05, 4.69) is 48.8 Å². The van der Waals surface area contributed by atoms with Crippen LogP contribution >= 0.6 is 31.9 Å². The van der Waals surface area contributed by atoms with Crippen LogP contribution in [0, 0.1) is 11.8 Å². The van der Waals surface area contributed by atoms with Crippen molar-refractivity contribution in [2.75, 3.05) is 0 Å². The molecule has 1 aromatic rings. The molecule has 68 valence electrons. The van der Waals surface area contributed by atoms with E-state index in [1.165, 1.54) is 4.68 Å². The van der Waals surface area contributed by atoms with Crippen molar-refractivity contribution in [1.29, 1.82) is 0 Å². The van der Waals surface area contributed by atoms with Gasteiger partial charge in [0.05, 0.1) is 10.7 Å². The Bertz CT molecular complexity index is 428. The summed E-state index contributed by atoms with van der Waals surface area (Å²) in [6.45, 7) is 2.04. The van der Waals surface area contributed by atoms with Gasteiger partial charge in [-0.25, -0.2) is 4.68 Å². The zero-order valence-corrected chi connectivity index (χ0v) is 10.0. The smallest absolute Gasteiger partial charge is 0.266 e. The Morgan fingerprint density at radius 2 is 2.31 bits per heavy atom. The van der Waals surface area contributed by atoms with E-state index >= 15 is 0 Å². The van der Waals surface area contributed by atoms with E-state index in [1.54, 1.807) is 13.1 Å². The van der Waals surface area contributed by atoms with E-state index in [1.807, 2.05) is 0 Å². The van der Waals surface area contributed by atoms with E-state index in [0.717, 1.165) is 0 Å². The number of hydrogen-bond acceptors (Lipinski definition) is 2. The molecule has 0 aromatic carbocycles. The Balaban J connectivity index is 3.16. The molecule has 0 N–H and O–H groups in total. The highest BCUT2D eigenvalue weighted by molar-refractivity contribution is 9.13. The third-order valence-corrected chi connectivity index (χ3v) is 3.25. The van der Waals surface area contributed by atoms with Gasteiger partial charge in [0.25, 0.3) is 5.56 Å². The largest absolute Gasteiger partial charge is 0.283 e. The van der Waals surface area contributed by atoms with Gasteiger partial charge in [-0.05, 0) is 38.8 Å². The van der Waals surface area contributed by atoms with Gasteiger partial charge >= 0.3 is 0 Å². The van der Waals surface area contributed by atoms with Gasteiger partial charge in [0, 0.05) is 0 Å². The van der Waals surface area contributed by atoms with Crippen LogP contribution in [0.2, 0.25) is 0 Å². The summed E-state index contributed by atoms with van der Waals surface area (Å²) in [5, 5.41) is 3.90. The van der Waals surface area contributed by atoms with Crippen LogP contribution in [0.3, 0.4) is 0 Å². The first kappa shape index (κ1) is 10.5. The first-order valence-corrected chi connectivity index (χ1v) is 5.06. The maximum atomic E-state index is 11.5. The van der Waals surface area contributed by atoms with Crippen molar-refractivity contribution < 1.29 is 0 Å². The first-order chi connectivity index (χ1) is 6.16. The van der Waals surface area contributed by atoms with Gasteiger partial charge in [-0.3, -0.25) is 4.79 Å². The topological polar surface area (TPSA) is 34.9 Å². The lowest BCUT2D eigenvalue weighted by Crippen LogP contribution is -2.22. The van der Waals surface area contributed by atoms with E-state index in [0.29, 0.717) is 15.5 Å². The summed E-state index contributed by atoms with van der Waals surface area (Å²) in [5.41, 5.74) is -0.183. The molecule has 13 heavy (non-hydrogen) atoms. The summed E-state index contributed by atoms with van der Waals surface area (Å²) in [6, 6.07) is 0. The minimum atomic E-state index is -0.183. The van der Waals surface area contributed by atoms with Gasteiger partial charge in [-0.2, -0.15) is 5.10 Å². The van der Waals surface area contributed by atoms with Crippen LogP contribution in [-0.2, 0) is 6.54 Å². The highest BCUT2D eigenvalue weighted by Gasteiger charge is 2.04. The fourth-order valence-electron chi connectivity index (χ4n) is 0.712. The average molecular weight is 306 g/mol. The van der Waals surface area contributed by atoms with E-state index in [-0.39, 0.29) is 5.56 Å². The summed E-state index contributed by atoms with van der Waals surface area (Å²) >= 11 is 6.34. The van der Waals surface area contributed by atoms with Crippen LogP contribution in [0.1, 0.15) is 6.92 Å². The standard InChI is InChI=1S/C8H6Br2N2O/c1-2-3-4-12-8(13)7(10)6(9)5-11-12/h5H,4H2,1H3. The Kier molecular flexibility index (Phi) is 3.70. The van der Waals surface area contributed by atoms with Gasteiger partial charge in [0.1, 0.15) is 11.0 Å². The van der Waals surface area contributed by atoms with E-state index < -0.39 is 0 Å². The molecule has 0 radical (unpaired) electrons. The lowest BCUT2D eigenvalue weighted by atomic mass is 10.5. The van der Waals surface area contributed by atoms with Gasteiger partial charge in [-0.15, -0.1) is 5.92 Å². The van der Waals surface area contributed by atoms with Crippen molar-refractivity contribution in [1.82, 2.24) is 9.78 Å². The maximum absolute atomic E-state index is 11.5. The SMILES string of the molecule is CC#CCn1ncc(Br)c(Br)c1=O. The normalized spacial score (nSPS) is 9.15. The molecule has 0 saturated carbocycles. The summed E-state index contributed by atoms with van der Waals surface area (Å²) in [4.78, 5) is 11.5. The van der Waals surface area contributed by atoms with Crippen molar-refractivity contribution in [2.45, 2.75) is 13.5 Å². The molecule has 0 spiro atoms. The van der Waals surface area contributed by atoms with Crippen LogP contribution < -0.4 is 5.56 Å². The zero-order chi connectivity index (χ0) is 9.84. The Morgan fingerprint density at radius 1 is 1.62 bits per heavy atom. The lowest BCUT2D eigenvalue weighted by molar-refractivity contribution is 0.656. The second kappa shape index (κ2) is 4.58. The summed E-state index contributed by atoms with van der Waals surface area (Å²) in [7, 11) is 0. The third kappa shape index (κ3) is 2.42. The summed E-state index contributed by atoms with van der Waals surface area (Å²) in [5.74, 6) is 5.47. The molecular formula is C8H6Br2N2O. The van der Waals surface area contributed by atoms with Crippen LogP contribution in [0.4, 0.5) is 0 Å². The fraction of sp³-hybridized carbons (Fsp3) is 0.250. The lowest BCUT2D eigenvalue weighted by Gasteiger charge is -2.00. The van der Waals surface area contributed by atoms with Crippen molar-refractivity contribution in [3.05, 3.63) is 25.5 Å². The molecule has 0 aliphatic rings. The summed E-state index contributed by atoms with van der Waals surface area (Å²) in [6.07, 6.45) is 1.56. The molecule has 1 heterocycles. The van der Waals surface area contributed by atoms with Crippen LogP contribution in [0.15, 0.2) is 19.9 Å². The number of halogens is 2. The highest BCUT2D eigenvalue weighted by atomic mass is 79.9. The molecular weight excluding hydrogens is 300 g/mol. The number of rotatable bonds is 1. The van der Waals surface area contributed by atoms with Gasteiger partial charge < -0.3 is 0 Å². The maximum Gasteiger partial charge on any atom is 0.283 e. The molecule has 1 rings (SSSR count). The van der Waals surface area contributed by atoms with Crippen LogP contribution in [-0.4, -0.2) is 9.78 Å². The monoisotopic (exact) mass is 304 g/mol. The zero-order valence-electron chi connectivity index (χ0n) is 6.84. The predicted molar refractivity (Wildman–Crippen MR) is 57.3 cm³/mol. The van der Waals surface area contributed by atoms with Crippen molar-refractivity contribution in [3.63, 3.8) is 0 Å². The second-order valence-electron chi connectivity index (χ2n) is 2.20. The Morgan fingerprint density at radius 3 is 2.92 bits per heavy atom. The minimum absolute atomic E-state index is 0.183. The molecule has 0 unspecified atom stereocenters. The number of aromatic nitrogens is 2. The highest BCUT2D eigenvalue weighted by Crippen LogP contribution is 2.16. The average Bonchev–Trinajstić information content (AvgIpc) is 2.13. The van der Waals surface area contributed by atoms with E-state index in [4.69, 9.17) is 0 Å². The second-order valence-corrected chi connectivity index (χ2v) is 3.84. The molecule has 3 nitrogen and oxygen atoms in total. The van der Waals surface area contributed by atoms with Crippen molar-refractivity contribution in [2.24, 2.45) is 0 Å². The molecule has 0 aliphatic heterocycles. The predicted octanol–water partition coefficient (Wildman–Crippen LogP) is 1.79. The number of nitrogens with zero attached hydrogens (tertiary/aromatic N) is 2. The molecule has 0 fully saturated rings. The first-order valence-electron chi connectivity index (χ1n) is 3.47. The molecule has 1 aromatic heterocycles. The Labute approximate surface area is 92.4 Å². The van der Waals surface area contributed by atoms with Gasteiger partial charge in [-0.1, -0.05) is 5.92 Å². The molecule has 0 saturated heterocycles. The summed E-state index contributed by atoms with van der Waals surface area (Å²) < 4.78 is 2.42. The van der Waals surface area contributed by atoms with Crippen LogP contribution in [0.25, 0.3) is 0 Å². The van der Waals surface area contributed by atoms with Crippen LogP contribution in [0.5, 0.6) is 0 Å². The van der Waals surface area contributed by atoms with Crippen molar-refractivity contribution in [3.8, 4) is 11.8 Å². The number of hydrogen-bond donors (Lipinski definition) is 0. The quantitative estimate of drug-likeness (QED) is 0.742. The fourth-order valence-corrected chi connectivity index (χ4v) is 1.28. The van der Waals surface area contributed by atoms with Gasteiger partial charge in [0.15, 0.2) is 0 Å². The molecule has 0 amide bonds.